The predicted octanol–water partition coefficient (Wildman–Crippen LogP) is 21.7. The Morgan fingerprint density at radius 1 is 0.267 bits per heavy atom. The molecule has 418 valence electrons. The average Bonchev–Trinajstić information content (AvgIpc) is 0.881. The summed E-state index contributed by atoms with van der Waals surface area (Å²) in [6, 6.07) is 108. The van der Waals surface area contributed by atoms with E-state index in [-0.39, 0.29) is 0 Å². The Kier molecular flexibility index (Phi) is 11.8. The van der Waals surface area contributed by atoms with Gasteiger partial charge in [-0.15, -0.1) is 0 Å². The smallest absolute Gasteiger partial charge is 0.164 e. The number of para-hydroxylation sites is 3. The first kappa shape index (κ1) is 51.1. The van der Waals surface area contributed by atoms with Crippen molar-refractivity contribution in [1.82, 2.24) is 29.1 Å². The topological polar surface area (TPSA) is 61.4 Å². The van der Waals surface area contributed by atoms with Gasteiger partial charge in [0.25, 0.3) is 0 Å². The number of nitrogens with zero attached hydrogens (tertiary/aromatic N) is 6. The largest absolute Gasteiger partial charge is 0.292 e. The number of hydrogen-bond donors (Lipinski definition) is 0. The summed E-state index contributed by atoms with van der Waals surface area (Å²) in [5.74, 6) is 1.65. The third-order valence-electron chi connectivity index (χ3n) is 18.2. The minimum atomic E-state index is 0.814. The Labute approximate surface area is 518 Å². The lowest BCUT2D eigenvalue weighted by Gasteiger charge is -2.18. The van der Waals surface area contributed by atoms with Crippen molar-refractivity contribution in [2.75, 3.05) is 0 Å². The first-order chi connectivity index (χ1) is 44.6. The molecule has 4 heterocycles. The molecule has 0 aliphatic heterocycles. The molecule has 0 aliphatic carbocycles. The van der Waals surface area contributed by atoms with Gasteiger partial charge in [0.05, 0.1) is 22.1 Å². The van der Waals surface area contributed by atoms with Crippen LogP contribution in [0, 0.1) is 0 Å². The molecule has 0 bridgehead atoms. The van der Waals surface area contributed by atoms with E-state index in [9.17, 15) is 0 Å². The molecular weight excluding hydrogens is 1090 g/mol. The Morgan fingerprint density at radius 3 is 1.26 bits per heavy atom. The Hall–Kier alpha value is -12.1. The maximum Gasteiger partial charge on any atom is 0.164 e. The predicted molar refractivity (Wildman–Crippen MR) is 374 cm³/mol. The zero-order chi connectivity index (χ0) is 59.2. The molecule has 6 nitrogen and oxygen atoms in total. The third kappa shape index (κ3) is 8.27. The molecule has 90 heavy (non-hydrogen) atoms. The lowest BCUT2D eigenvalue weighted by Crippen LogP contribution is -1.99. The van der Waals surface area contributed by atoms with E-state index in [1.54, 1.807) is 0 Å². The molecule has 0 saturated heterocycles. The number of pyridine rings is 2. The molecule has 18 rings (SSSR count). The van der Waals surface area contributed by atoms with Crippen LogP contribution in [0.1, 0.15) is 0 Å². The van der Waals surface area contributed by atoms with Crippen molar-refractivity contribution in [3.05, 3.63) is 316 Å². The normalized spacial score (nSPS) is 11.8. The Balaban J connectivity index is 0.715. The van der Waals surface area contributed by atoms with Gasteiger partial charge >= 0.3 is 0 Å². The van der Waals surface area contributed by atoms with Crippen LogP contribution < -0.4 is 0 Å². The van der Waals surface area contributed by atoms with E-state index in [2.05, 4.69) is 281 Å². The molecule has 0 amide bonds. The van der Waals surface area contributed by atoms with Crippen molar-refractivity contribution < 1.29 is 0 Å². The van der Waals surface area contributed by atoms with Crippen LogP contribution in [-0.4, -0.2) is 29.1 Å². The van der Waals surface area contributed by atoms with Gasteiger partial charge in [-0.05, 0) is 200 Å². The van der Waals surface area contributed by atoms with Crippen LogP contribution in [0.15, 0.2) is 316 Å². The monoisotopic (exact) mass is 1140 g/mol. The van der Waals surface area contributed by atoms with Crippen LogP contribution in [0.3, 0.4) is 0 Å². The van der Waals surface area contributed by atoms with E-state index < -0.39 is 0 Å². The van der Waals surface area contributed by atoms with E-state index in [1.165, 1.54) is 92.6 Å². The van der Waals surface area contributed by atoms with E-state index in [4.69, 9.17) is 15.0 Å². The number of imidazole rings is 2. The SMILES string of the molecule is c1ccc(-c2nc3ccccc3n2-c2ccc(-c3c4ccccc4c(-c4ccc5cc(-c6cccc7c6nc(-c6cccnc6)n7-c6ccc(-c7c8ccccc8c(-c8ccc9ccccc9c8)c8ccccc78)cc6)ccc5c4)c4ccccc34)cc2)nc1. The second kappa shape index (κ2) is 20.8. The molecule has 0 aliphatic rings. The molecule has 0 N–H and O–H groups in total. The maximum atomic E-state index is 5.53. The van der Waals surface area contributed by atoms with E-state index in [0.29, 0.717) is 0 Å². The highest BCUT2D eigenvalue weighted by atomic mass is 15.1. The van der Waals surface area contributed by atoms with Crippen molar-refractivity contribution in [2.24, 2.45) is 0 Å². The quantitative estimate of drug-likeness (QED) is 0.135. The highest BCUT2D eigenvalue weighted by Crippen LogP contribution is 2.47. The zero-order valence-corrected chi connectivity index (χ0v) is 48.7. The molecule has 0 saturated carbocycles. The number of benzene rings is 14. The molecule has 0 atom stereocenters. The van der Waals surface area contributed by atoms with E-state index >= 15 is 0 Å². The number of aromatic nitrogens is 6. The summed E-state index contributed by atoms with van der Waals surface area (Å²) in [6.07, 6.45) is 5.56. The Bertz CT molecular complexity index is 5770. The molecular formula is C84H52N6. The number of fused-ring (bicyclic) bond motifs is 8. The van der Waals surface area contributed by atoms with Crippen LogP contribution >= 0.6 is 0 Å². The van der Waals surface area contributed by atoms with Crippen LogP contribution in [0.25, 0.3) is 177 Å². The van der Waals surface area contributed by atoms with Crippen LogP contribution in [0.4, 0.5) is 0 Å². The number of hydrogen-bond acceptors (Lipinski definition) is 4. The second-order valence-corrected chi connectivity index (χ2v) is 23.3. The van der Waals surface area contributed by atoms with Crippen molar-refractivity contribution in [1.29, 1.82) is 0 Å². The van der Waals surface area contributed by atoms with Gasteiger partial charge in [0.1, 0.15) is 11.5 Å². The summed E-state index contributed by atoms with van der Waals surface area (Å²) in [4.78, 5) is 19.9. The van der Waals surface area contributed by atoms with Gasteiger partial charge in [0.15, 0.2) is 5.82 Å². The lowest BCUT2D eigenvalue weighted by atomic mass is 9.85. The first-order valence-electron chi connectivity index (χ1n) is 30.6. The first-order valence-corrected chi connectivity index (χ1v) is 30.6. The third-order valence-corrected chi connectivity index (χ3v) is 18.2. The molecule has 18 aromatic rings. The van der Waals surface area contributed by atoms with Crippen molar-refractivity contribution in [2.45, 2.75) is 0 Å². The standard InChI is InChI=1S/C84H52N6/c1-2-18-56-50-60(37-33-53(56)17-1)80-70-24-7-3-20-66(70)79(67-21-4-8-25-71(67)80)55-41-45-64(46-42-55)90-77-32-15-28-65(82(77)88-83(90)62-19-16-47-85-52-62)59-36-34-58-51-61(38-35-57(58)49-59)81-72-26-9-5-22-68(72)78(69-23-6-10-27-73(69)81)54-39-43-63(44-40-54)89-76-31-12-11-29-74(76)87-84(89)75-30-13-14-48-86-75/h1-52H. The molecule has 0 radical (unpaired) electrons. The van der Waals surface area contributed by atoms with Crippen LogP contribution in [0.5, 0.6) is 0 Å². The minimum Gasteiger partial charge on any atom is -0.292 e. The highest BCUT2D eigenvalue weighted by molar-refractivity contribution is 6.23. The van der Waals surface area contributed by atoms with Crippen molar-refractivity contribution in [3.63, 3.8) is 0 Å². The highest BCUT2D eigenvalue weighted by Gasteiger charge is 2.23. The molecule has 6 heteroatoms. The summed E-state index contributed by atoms with van der Waals surface area (Å²) in [5, 5.41) is 14.5. The molecule has 0 fully saturated rings. The van der Waals surface area contributed by atoms with Gasteiger partial charge in [-0.25, -0.2) is 9.97 Å². The van der Waals surface area contributed by atoms with E-state index in [1.807, 2.05) is 48.9 Å². The van der Waals surface area contributed by atoms with Gasteiger partial charge in [0.2, 0.25) is 0 Å². The van der Waals surface area contributed by atoms with Gasteiger partial charge < -0.3 is 0 Å². The van der Waals surface area contributed by atoms with Crippen LogP contribution in [0.2, 0.25) is 0 Å². The molecule has 4 aromatic heterocycles. The fourth-order valence-corrected chi connectivity index (χ4v) is 14.2. The zero-order valence-electron chi connectivity index (χ0n) is 48.7. The summed E-state index contributed by atoms with van der Waals surface area (Å²) in [7, 11) is 0. The second-order valence-electron chi connectivity index (χ2n) is 23.3. The van der Waals surface area contributed by atoms with Gasteiger partial charge in [0, 0.05) is 41.1 Å². The average molecular weight is 1150 g/mol. The molecule has 0 unspecified atom stereocenters. The summed E-state index contributed by atoms with van der Waals surface area (Å²) in [6.45, 7) is 0. The maximum absolute atomic E-state index is 5.53. The van der Waals surface area contributed by atoms with Crippen molar-refractivity contribution >= 4 is 86.7 Å². The lowest BCUT2D eigenvalue weighted by molar-refractivity contribution is 1.08. The molecule has 14 aromatic carbocycles. The summed E-state index contributed by atoms with van der Waals surface area (Å²) >= 11 is 0. The molecule has 0 spiro atoms. The van der Waals surface area contributed by atoms with E-state index in [0.717, 1.165) is 84.0 Å². The summed E-state index contributed by atoms with van der Waals surface area (Å²) in [5.41, 5.74) is 19.5. The fraction of sp³-hybridized carbons (Fsp3) is 0. The van der Waals surface area contributed by atoms with Gasteiger partial charge in [-0.3, -0.25) is 19.1 Å². The van der Waals surface area contributed by atoms with Crippen LogP contribution in [-0.2, 0) is 0 Å². The van der Waals surface area contributed by atoms with Gasteiger partial charge in [-0.2, -0.15) is 0 Å². The van der Waals surface area contributed by atoms with Gasteiger partial charge in [-0.1, -0.05) is 212 Å². The fourth-order valence-electron chi connectivity index (χ4n) is 14.2. The Morgan fingerprint density at radius 2 is 0.711 bits per heavy atom. The van der Waals surface area contributed by atoms with Crippen molar-refractivity contribution in [3.8, 4) is 89.9 Å². The summed E-state index contributed by atoms with van der Waals surface area (Å²) < 4.78 is 4.51. The number of rotatable bonds is 9. The minimum absolute atomic E-state index is 0.814.